The first kappa shape index (κ1) is 16.2. The minimum absolute atomic E-state index is 0.120. The molecular formula is C19H22N2O3. The molecule has 5 nitrogen and oxygen atoms in total. The number of anilines is 1. The van der Waals surface area contributed by atoms with Crippen molar-refractivity contribution in [1.29, 1.82) is 0 Å². The monoisotopic (exact) mass is 326 g/mol. The summed E-state index contributed by atoms with van der Waals surface area (Å²) in [5, 5.41) is 2.67. The summed E-state index contributed by atoms with van der Waals surface area (Å²) in [6.07, 6.45) is -0.527. The Labute approximate surface area is 142 Å². The highest BCUT2D eigenvalue weighted by Crippen LogP contribution is 2.35. The van der Waals surface area contributed by atoms with E-state index < -0.39 is 6.10 Å². The molecule has 0 saturated heterocycles. The summed E-state index contributed by atoms with van der Waals surface area (Å²) in [4.78, 5) is 14.2. The van der Waals surface area contributed by atoms with Crippen molar-refractivity contribution >= 4 is 11.6 Å². The standard InChI is InChI=1S/C19H22N2O3/c1-13-8-9-16(23-3)14(10-13)11-21-12-18(19(22)20-2)24-17-7-5-4-6-15(17)21/h4-10,18H,11-12H2,1-3H3,(H,20,22)/t18-/m0/s1. The first-order chi connectivity index (χ1) is 11.6. The van der Waals surface area contributed by atoms with Gasteiger partial charge in [0.15, 0.2) is 6.10 Å². The number of fused-ring (bicyclic) bond motifs is 1. The molecule has 0 aromatic heterocycles. The summed E-state index contributed by atoms with van der Waals surface area (Å²) >= 11 is 0. The van der Waals surface area contributed by atoms with Crippen molar-refractivity contribution in [2.45, 2.75) is 19.6 Å². The average molecular weight is 326 g/mol. The van der Waals surface area contributed by atoms with Crippen LogP contribution < -0.4 is 19.7 Å². The van der Waals surface area contributed by atoms with Crippen molar-refractivity contribution in [3.05, 3.63) is 53.6 Å². The van der Waals surface area contributed by atoms with Crippen LogP contribution in [0.3, 0.4) is 0 Å². The molecule has 1 N–H and O–H groups in total. The fourth-order valence-corrected chi connectivity index (χ4v) is 2.99. The number of aryl methyl sites for hydroxylation is 1. The maximum absolute atomic E-state index is 12.1. The molecule has 0 unspecified atom stereocenters. The van der Waals surface area contributed by atoms with Crippen LogP contribution in [-0.2, 0) is 11.3 Å². The van der Waals surface area contributed by atoms with Gasteiger partial charge in [-0.2, -0.15) is 0 Å². The van der Waals surface area contributed by atoms with Gasteiger partial charge < -0.3 is 19.7 Å². The molecule has 0 fully saturated rings. The Hall–Kier alpha value is -2.69. The molecule has 0 spiro atoms. The molecule has 126 valence electrons. The predicted octanol–water partition coefficient (Wildman–Crippen LogP) is 2.52. The Morgan fingerprint density at radius 1 is 1.33 bits per heavy atom. The number of nitrogens with zero attached hydrogens (tertiary/aromatic N) is 1. The zero-order valence-electron chi connectivity index (χ0n) is 14.2. The first-order valence-corrected chi connectivity index (χ1v) is 7.98. The highest BCUT2D eigenvalue weighted by Gasteiger charge is 2.30. The second-order valence-corrected chi connectivity index (χ2v) is 5.88. The molecule has 1 aliphatic heterocycles. The number of para-hydroxylation sites is 2. The topological polar surface area (TPSA) is 50.8 Å². The molecule has 0 bridgehead atoms. The molecule has 1 atom stereocenters. The van der Waals surface area contributed by atoms with Gasteiger partial charge >= 0.3 is 0 Å². The maximum Gasteiger partial charge on any atom is 0.262 e. The normalized spacial score (nSPS) is 16.1. The van der Waals surface area contributed by atoms with Crippen LogP contribution in [0, 0.1) is 6.92 Å². The molecule has 3 rings (SSSR count). The van der Waals surface area contributed by atoms with E-state index in [1.165, 1.54) is 5.56 Å². The Morgan fingerprint density at radius 3 is 2.88 bits per heavy atom. The molecule has 1 heterocycles. The van der Waals surface area contributed by atoms with E-state index in [0.717, 1.165) is 22.7 Å². The van der Waals surface area contributed by atoms with Crippen LogP contribution in [0.1, 0.15) is 11.1 Å². The van der Waals surface area contributed by atoms with Crippen LogP contribution in [0.25, 0.3) is 0 Å². The minimum Gasteiger partial charge on any atom is -0.496 e. The van der Waals surface area contributed by atoms with Gasteiger partial charge in [-0.25, -0.2) is 0 Å². The van der Waals surface area contributed by atoms with Crippen molar-refractivity contribution in [2.24, 2.45) is 0 Å². The zero-order valence-corrected chi connectivity index (χ0v) is 14.2. The van der Waals surface area contributed by atoms with Gasteiger partial charge in [-0.05, 0) is 25.1 Å². The number of rotatable bonds is 4. The van der Waals surface area contributed by atoms with E-state index in [-0.39, 0.29) is 5.91 Å². The number of benzene rings is 2. The number of nitrogens with one attached hydrogen (secondary N) is 1. The Balaban J connectivity index is 1.94. The summed E-state index contributed by atoms with van der Waals surface area (Å²) in [7, 11) is 3.30. The molecule has 1 aliphatic rings. The molecule has 1 amide bonds. The van der Waals surface area contributed by atoms with Gasteiger partial charge in [0.1, 0.15) is 11.5 Å². The molecule has 0 aliphatic carbocycles. The van der Waals surface area contributed by atoms with E-state index in [1.54, 1.807) is 14.2 Å². The summed E-state index contributed by atoms with van der Waals surface area (Å²) in [5.41, 5.74) is 3.25. The van der Waals surface area contributed by atoms with E-state index in [0.29, 0.717) is 13.1 Å². The molecule has 24 heavy (non-hydrogen) atoms. The van der Waals surface area contributed by atoms with Crippen molar-refractivity contribution < 1.29 is 14.3 Å². The third-order valence-corrected chi connectivity index (χ3v) is 4.20. The Kier molecular flexibility index (Phi) is 4.60. The van der Waals surface area contributed by atoms with Crippen LogP contribution in [0.4, 0.5) is 5.69 Å². The second kappa shape index (κ2) is 6.83. The number of carbonyl (C=O) groups is 1. The Morgan fingerprint density at radius 2 is 2.12 bits per heavy atom. The average Bonchev–Trinajstić information content (AvgIpc) is 2.61. The number of hydrogen-bond acceptors (Lipinski definition) is 4. The van der Waals surface area contributed by atoms with Crippen LogP contribution in [0.15, 0.2) is 42.5 Å². The SMILES string of the molecule is CNC(=O)[C@@H]1CN(Cc2cc(C)ccc2OC)c2ccccc2O1. The lowest BCUT2D eigenvalue weighted by atomic mass is 10.1. The summed E-state index contributed by atoms with van der Waals surface area (Å²) in [5.74, 6) is 1.45. The summed E-state index contributed by atoms with van der Waals surface area (Å²) < 4.78 is 11.3. The van der Waals surface area contributed by atoms with Crippen molar-refractivity contribution in [3.8, 4) is 11.5 Å². The minimum atomic E-state index is -0.527. The van der Waals surface area contributed by atoms with Gasteiger partial charge in [0, 0.05) is 19.2 Å². The fourth-order valence-electron chi connectivity index (χ4n) is 2.99. The van der Waals surface area contributed by atoms with E-state index in [2.05, 4.69) is 23.2 Å². The van der Waals surface area contributed by atoms with Crippen molar-refractivity contribution in [1.82, 2.24) is 5.32 Å². The van der Waals surface area contributed by atoms with Gasteiger partial charge in [-0.1, -0.05) is 29.8 Å². The smallest absolute Gasteiger partial charge is 0.262 e. The maximum atomic E-state index is 12.1. The quantitative estimate of drug-likeness (QED) is 0.938. The summed E-state index contributed by atoms with van der Waals surface area (Å²) in [6, 6.07) is 13.9. The number of likely N-dealkylation sites (N-methyl/N-ethyl adjacent to an activating group) is 1. The van der Waals surface area contributed by atoms with Gasteiger partial charge in [-0.15, -0.1) is 0 Å². The molecule has 2 aromatic carbocycles. The molecule has 5 heteroatoms. The van der Waals surface area contributed by atoms with E-state index in [1.807, 2.05) is 36.4 Å². The molecule has 0 radical (unpaired) electrons. The zero-order chi connectivity index (χ0) is 17.1. The van der Waals surface area contributed by atoms with Gasteiger partial charge in [0.2, 0.25) is 0 Å². The van der Waals surface area contributed by atoms with E-state index in [4.69, 9.17) is 9.47 Å². The van der Waals surface area contributed by atoms with Crippen molar-refractivity contribution in [2.75, 3.05) is 25.6 Å². The first-order valence-electron chi connectivity index (χ1n) is 7.98. The van der Waals surface area contributed by atoms with E-state index in [9.17, 15) is 4.79 Å². The van der Waals surface area contributed by atoms with Gasteiger partial charge in [0.25, 0.3) is 5.91 Å². The lowest BCUT2D eigenvalue weighted by Gasteiger charge is -2.35. The largest absolute Gasteiger partial charge is 0.496 e. The fraction of sp³-hybridized carbons (Fsp3) is 0.316. The lowest BCUT2D eigenvalue weighted by Crippen LogP contribution is -2.47. The molecule has 2 aromatic rings. The number of ether oxygens (including phenoxy) is 2. The number of hydrogen-bond donors (Lipinski definition) is 1. The van der Waals surface area contributed by atoms with Crippen molar-refractivity contribution in [3.63, 3.8) is 0 Å². The number of amides is 1. The lowest BCUT2D eigenvalue weighted by molar-refractivity contribution is -0.127. The van der Waals surface area contributed by atoms with Crippen LogP contribution in [-0.4, -0.2) is 32.7 Å². The molecule has 0 saturated carbocycles. The van der Waals surface area contributed by atoms with Crippen LogP contribution >= 0.6 is 0 Å². The second-order valence-electron chi connectivity index (χ2n) is 5.88. The van der Waals surface area contributed by atoms with E-state index >= 15 is 0 Å². The number of carbonyl (C=O) groups excluding carboxylic acids is 1. The van der Waals surface area contributed by atoms with Gasteiger partial charge in [-0.3, -0.25) is 4.79 Å². The predicted molar refractivity (Wildman–Crippen MR) is 93.7 cm³/mol. The molecular weight excluding hydrogens is 304 g/mol. The highest BCUT2D eigenvalue weighted by molar-refractivity contribution is 5.83. The third-order valence-electron chi connectivity index (χ3n) is 4.20. The van der Waals surface area contributed by atoms with Crippen LogP contribution in [0.5, 0.6) is 11.5 Å². The van der Waals surface area contributed by atoms with Gasteiger partial charge in [0.05, 0.1) is 19.3 Å². The highest BCUT2D eigenvalue weighted by atomic mass is 16.5. The van der Waals surface area contributed by atoms with Crippen LogP contribution in [0.2, 0.25) is 0 Å². The Bertz CT molecular complexity index is 745. The third kappa shape index (κ3) is 3.15. The number of methoxy groups -OCH3 is 1. The summed E-state index contributed by atoms with van der Waals surface area (Å²) in [6.45, 7) is 3.20.